The summed E-state index contributed by atoms with van der Waals surface area (Å²) in [5.41, 5.74) is 2.40. The molecule has 0 bridgehead atoms. The largest absolute Gasteiger partial charge is 0.467 e. The van der Waals surface area contributed by atoms with Gasteiger partial charge in [-0.1, -0.05) is 0 Å². The van der Waals surface area contributed by atoms with Crippen LogP contribution in [-0.4, -0.2) is 35.2 Å². The van der Waals surface area contributed by atoms with E-state index in [9.17, 15) is 0 Å². The Morgan fingerprint density at radius 3 is 2.62 bits per heavy atom. The van der Waals surface area contributed by atoms with E-state index < -0.39 is 0 Å². The number of anilines is 2. The summed E-state index contributed by atoms with van der Waals surface area (Å²) >= 11 is 0. The molecule has 2 rings (SSSR count). The highest BCUT2D eigenvalue weighted by Gasteiger charge is 2.24. The number of rotatable bonds is 4. The van der Waals surface area contributed by atoms with Crippen LogP contribution in [-0.2, 0) is 0 Å². The number of hydrogen-bond donors (Lipinski definition) is 2. The molecule has 1 aliphatic carbocycles. The summed E-state index contributed by atoms with van der Waals surface area (Å²) in [4.78, 5) is 14.4. The smallest absolute Gasteiger partial charge is 0.322 e. The van der Waals surface area contributed by atoms with Crippen molar-refractivity contribution in [3.8, 4) is 6.01 Å². The molecule has 3 N–H and O–H groups in total. The summed E-state index contributed by atoms with van der Waals surface area (Å²) in [6.45, 7) is 0. The summed E-state index contributed by atoms with van der Waals surface area (Å²) in [5.74, 6) is 6.19. The summed E-state index contributed by atoms with van der Waals surface area (Å²) in [6, 6.07) is 0.779. The van der Waals surface area contributed by atoms with E-state index in [1.54, 1.807) is 0 Å². The molecule has 0 unspecified atom stereocenters. The van der Waals surface area contributed by atoms with Crippen LogP contribution < -0.4 is 20.9 Å². The second-order valence-corrected chi connectivity index (χ2v) is 3.79. The number of hydrogen-bond acceptors (Lipinski definition) is 7. The lowest BCUT2D eigenvalue weighted by atomic mass is 9.92. The minimum atomic E-state index is 0.268. The standard InChI is InChI=1S/C9H16N6O/c1-15(6-4-3-5-6)8-11-7(14-10)12-9(13-8)16-2/h6H,3-5,10H2,1-2H3,(H,11,12,13,14). The molecular formula is C9H16N6O. The average molecular weight is 224 g/mol. The first kappa shape index (κ1) is 10.9. The van der Waals surface area contributed by atoms with E-state index in [-0.39, 0.29) is 6.01 Å². The molecule has 1 aromatic heterocycles. The van der Waals surface area contributed by atoms with Gasteiger partial charge in [-0.15, -0.1) is 0 Å². The average Bonchev–Trinajstić information content (AvgIpc) is 2.26. The predicted octanol–water partition coefficient (Wildman–Crippen LogP) is 0.154. The van der Waals surface area contributed by atoms with Crippen LogP contribution in [0.1, 0.15) is 19.3 Å². The topological polar surface area (TPSA) is 89.2 Å². The van der Waals surface area contributed by atoms with Crippen LogP contribution in [0, 0.1) is 0 Å². The minimum absolute atomic E-state index is 0.268. The van der Waals surface area contributed by atoms with E-state index in [1.165, 1.54) is 26.4 Å². The molecule has 0 saturated heterocycles. The van der Waals surface area contributed by atoms with Crippen molar-refractivity contribution in [1.82, 2.24) is 15.0 Å². The van der Waals surface area contributed by atoms with Crippen molar-refractivity contribution >= 4 is 11.9 Å². The van der Waals surface area contributed by atoms with Crippen molar-refractivity contribution in [2.75, 3.05) is 24.5 Å². The van der Waals surface area contributed by atoms with Gasteiger partial charge in [0, 0.05) is 13.1 Å². The molecule has 1 aromatic rings. The van der Waals surface area contributed by atoms with Gasteiger partial charge in [-0.25, -0.2) is 5.84 Å². The number of nitrogens with one attached hydrogen (secondary N) is 1. The highest BCUT2D eigenvalue weighted by Crippen LogP contribution is 2.27. The molecular weight excluding hydrogens is 208 g/mol. The first-order valence-corrected chi connectivity index (χ1v) is 5.24. The normalized spacial score (nSPS) is 15.4. The lowest BCUT2D eigenvalue weighted by Gasteiger charge is -2.34. The van der Waals surface area contributed by atoms with Crippen molar-refractivity contribution in [3.63, 3.8) is 0 Å². The Hall–Kier alpha value is -1.63. The zero-order chi connectivity index (χ0) is 11.5. The fraction of sp³-hybridized carbons (Fsp3) is 0.667. The first-order valence-electron chi connectivity index (χ1n) is 5.24. The maximum atomic E-state index is 5.29. The minimum Gasteiger partial charge on any atom is -0.467 e. The third kappa shape index (κ3) is 1.99. The summed E-state index contributed by atoms with van der Waals surface area (Å²) in [6.07, 6.45) is 3.62. The number of nitrogens with two attached hydrogens (primary N) is 1. The molecule has 1 fully saturated rings. The Bertz CT molecular complexity index is 345. The van der Waals surface area contributed by atoms with Gasteiger partial charge in [0.1, 0.15) is 0 Å². The van der Waals surface area contributed by atoms with E-state index in [0.29, 0.717) is 17.9 Å². The molecule has 0 aromatic carbocycles. The van der Waals surface area contributed by atoms with Gasteiger partial charge in [-0.05, 0) is 19.3 Å². The van der Waals surface area contributed by atoms with Crippen LogP contribution in [0.5, 0.6) is 6.01 Å². The quantitative estimate of drug-likeness (QED) is 0.556. The molecule has 0 atom stereocenters. The molecule has 7 nitrogen and oxygen atoms in total. The fourth-order valence-electron chi connectivity index (χ4n) is 1.60. The van der Waals surface area contributed by atoms with Gasteiger partial charge in [0.25, 0.3) is 0 Å². The van der Waals surface area contributed by atoms with Gasteiger partial charge in [0.2, 0.25) is 11.9 Å². The molecule has 1 heterocycles. The Morgan fingerprint density at radius 2 is 2.12 bits per heavy atom. The Kier molecular flexibility index (Phi) is 3.04. The third-order valence-corrected chi connectivity index (χ3v) is 2.85. The molecule has 88 valence electrons. The van der Waals surface area contributed by atoms with Crippen molar-refractivity contribution < 1.29 is 4.74 Å². The van der Waals surface area contributed by atoms with Crippen LogP contribution in [0.25, 0.3) is 0 Å². The molecule has 0 amide bonds. The van der Waals surface area contributed by atoms with Gasteiger partial charge in [-0.3, -0.25) is 5.43 Å². The highest BCUT2D eigenvalue weighted by molar-refractivity contribution is 5.38. The van der Waals surface area contributed by atoms with Gasteiger partial charge in [0.15, 0.2) is 0 Å². The van der Waals surface area contributed by atoms with Crippen LogP contribution in [0.4, 0.5) is 11.9 Å². The maximum Gasteiger partial charge on any atom is 0.322 e. The highest BCUT2D eigenvalue weighted by atomic mass is 16.5. The molecule has 1 saturated carbocycles. The molecule has 0 spiro atoms. The van der Waals surface area contributed by atoms with E-state index in [2.05, 4.69) is 20.4 Å². The lowest BCUT2D eigenvalue weighted by molar-refractivity contribution is 0.371. The van der Waals surface area contributed by atoms with Gasteiger partial charge >= 0.3 is 6.01 Å². The molecule has 1 aliphatic rings. The first-order chi connectivity index (χ1) is 7.74. The number of nitrogens with zero attached hydrogens (tertiary/aromatic N) is 4. The van der Waals surface area contributed by atoms with Crippen molar-refractivity contribution in [3.05, 3.63) is 0 Å². The van der Waals surface area contributed by atoms with Crippen molar-refractivity contribution in [1.29, 1.82) is 0 Å². The Balaban J connectivity index is 2.24. The lowest BCUT2D eigenvalue weighted by Crippen LogP contribution is -2.38. The van der Waals surface area contributed by atoms with E-state index in [1.807, 2.05) is 11.9 Å². The molecule has 7 heteroatoms. The number of methoxy groups -OCH3 is 1. The van der Waals surface area contributed by atoms with Crippen LogP contribution in [0.3, 0.4) is 0 Å². The molecule has 16 heavy (non-hydrogen) atoms. The number of nitrogen functional groups attached to an aromatic ring is 1. The fourth-order valence-corrected chi connectivity index (χ4v) is 1.60. The van der Waals surface area contributed by atoms with Gasteiger partial charge in [0.05, 0.1) is 7.11 Å². The van der Waals surface area contributed by atoms with Crippen LogP contribution in [0.2, 0.25) is 0 Å². The Labute approximate surface area is 94.0 Å². The van der Waals surface area contributed by atoms with Crippen molar-refractivity contribution in [2.24, 2.45) is 5.84 Å². The molecule has 0 aliphatic heterocycles. The van der Waals surface area contributed by atoms with E-state index >= 15 is 0 Å². The summed E-state index contributed by atoms with van der Waals surface area (Å²) in [7, 11) is 3.49. The third-order valence-electron chi connectivity index (χ3n) is 2.85. The maximum absolute atomic E-state index is 5.29. The summed E-state index contributed by atoms with van der Waals surface area (Å²) < 4.78 is 4.99. The van der Waals surface area contributed by atoms with E-state index in [4.69, 9.17) is 10.6 Å². The van der Waals surface area contributed by atoms with Gasteiger partial charge in [-0.2, -0.15) is 15.0 Å². The van der Waals surface area contributed by atoms with Crippen LogP contribution in [0.15, 0.2) is 0 Å². The molecule has 0 radical (unpaired) electrons. The van der Waals surface area contributed by atoms with E-state index in [0.717, 1.165) is 0 Å². The van der Waals surface area contributed by atoms with Crippen LogP contribution >= 0.6 is 0 Å². The zero-order valence-corrected chi connectivity index (χ0v) is 9.47. The predicted molar refractivity (Wildman–Crippen MR) is 60.2 cm³/mol. The Morgan fingerprint density at radius 1 is 1.38 bits per heavy atom. The zero-order valence-electron chi connectivity index (χ0n) is 9.47. The second kappa shape index (κ2) is 4.48. The SMILES string of the molecule is COc1nc(NN)nc(N(C)C2CCC2)n1. The number of aromatic nitrogens is 3. The van der Waals surface area contributed by atoms with Crippen molar-refractivity contribution in [2.45, 2.75) is 25.3 Å². The number of ether oxygens (including phenoxy) is 1. The second-order valence-electron chi connectivity index (χ2n) is 3.79. The van der Waals surface area contributed by atoms with Gasteiger partial charge < -0.3 is 9.64 Å². The number of hydrazine groups is 1. The summed E-state index contributed by atoms with van der Waals surface area (Å²) in [5, 5.41) is 0. The monoisotopic (exact) mass is 224 g/mol.